The molecule has 3 unspecified atom stereocenters. The number of anilines is 2. The molecule has 3 N–H and O–H groups in total. The zero-order chi connectivity index (χ0) is 19.5. The van der Waals surface area contributed by atoms with Gasteiger partial charge in [0.25, 0.3) is 0 Å². The SMILES string of the molecule is CC(NC(=O)CC1CC2CCC(C1)N2)C(=O)Nc1cccc(N2CCCC2)c1.Cl.Cl. The molecule has 0 aromatic heterocycles. The normalized spacial score (nSPS) is 25.6. The molecule has 168 valence electrons. The fraction of sp³-hybridized carbons (Fsp3) is 0.636. The Balaban J connectivity index is 0.00000160. The van der Waals surface area contributed by atoms with Crippen molar-refractivity contribution in [2.24, 2.45) is 5.92 Å². The van der Waals surface area contributed by atoms with Crippen LogP contribution in [0.1, 0.15) is 51.9 Å². The van der Waals surface area contributed by atoms with E-state index < -0.39 is 6.04 Å². The number of piperidine rings is 1. The number of rotatable bonds is 6. The lowest BCUT2D eigenvalue weighted by Gasteiger charge is -2.29. The lowest BCUT2D eigenvalue weighted by atomic mass is 9.89. The van der Waals surface area contributed by atoms with Crippen molar-refractivity contribution in [2.45, 2.75) is 70.0 Å². The molecule has 3 heterocycles. The van der Waals surface area contributed by atoms with Crippen LogP contribution in [0.15, 0.2) is 24.3 Å². The van der Waals surface area contributed by atoms with Gasteiger partial charge in [0.05, 0.1) is 0 Å². The van der Waals surface area contributed by atoms with Crippen LogP contribution in [0.3, 0.4) is 0 Å². The number of hydrogen-bond acceptors (Lipinski definition) is 4. The van der Waals surface area contributed by atoms with Crippen LogP contribution >= 0.6 is 24.8 Å². The lowest BCUT2D eigenvalue weighted by Crippen LogP contribution is -2.44. The molecule has 8 heteroatoms. The van der Waals surface area contributed by atoms with Crippen LogP contribution in [0, 0.1) is 5.92 Å². The molecule has 3 saturated heterocycles. The number of benzene rings is 1. The molecule has 0 aliphatic carbocycles. The molecule has 3 aliphatic rings. The van der Waals surface area contributed by atoms with Crippen LogP contribution in [0.5, 0.6) is 0 Å². The number of amides is 2. The molecule has 0 spiro atoms. The molecule has 6 nitrogen and oxygen atoms in total. The number of nitrogens with zero attached hydrogens (tertiary/aromatic N) is 1. The van der Waals surface area contributed by atoms with Crippen LogP contribution < -0.4 is 20.9 Å². The summed E-state index contributed by atoms with van der Waals surface area (Å²) in [5, 5.41) is 9.44. The molecule has 30 heavy (non-hydrogen) atoms. The number of fused-ring (bicyclic) bond motifs is 2. The van der Waals surface area contributed by atoms with E-state index in [9.17, 15) is 9.59 Å². The molecule has 2 amide bonds. The minimum Gasteiger partial charge on any atom is -0.371 e. The first-order chi connectivity index (χ1) is 13.6. The van der Waals surface area contributed by atoms with Gasteiger partial charge >= 0.3 is 0 Å². The number of nitrogens with one attached hydrogen (secondary N) is 3. The quantitative estimate of drug-likeness (QED) is 0.612. The zero-order valence-corrected chi connectivity index (χ0v) is 19.2. The number of carbonyl (C=O) groups is 2. The van der Waals surface area contributed by atoms with E-state index >= 15 is 0 Å². The maximum atomic E-state index is 12.5. The van der Waals surface area contributed by atoms with E-state index in [0.29, 0.717) is 24.4 Å². The Kier molecular flexibility index (Phi) is 9.26. The lowest BCUT2D eigenvalue weighted by molar-refractivity contribution is -0.127. The van der Waals surface area contributed by atoms with E-state index in [4.69, 9.17) is 0 Å². The van der Waals surface area contributed by atoms with E-state index in [2.05, 4.69) is 26.9 Å². The summed E-state index contributed by atoms with van der Waals surface area (Å²) in [6.45, 7) is 3.90. The number of hydrogen-bond donors (Lipinski definition) is 3. The van der Waals surface area contributed by atoms with Gasteiger partial charge in [-0.3, -0.25) is 9.59 Å². The zero-order valence-electron chi connectivity index (χ0n) is 17.6. The molecule has 3 atom stereocenters. The molecular weight excluding hydrogens is 423 g/mol. The van der Waals surface area contributed by atoms with E-state index in [1.807, 2.05) is 18.2 Å². The standard InChI is InChI=1S/C22H32N4O2.2ClH/c1-15(23-21(27)13-16-11-18-7-8-19(12-16)24-18)22(28)25-17-5-4-6-20(14-17)26-9-2-3-10-26;;/h4-6,14-16,18-19,24H,2-3,7-13H2,1H3,(H,23,27)(H,25,28);2*1H. The highest BCUT2D eigenvalue weighted by molar-refractivity contribution is 5.97. The van der Waals surface area contributed by atoms with Crippen LogP contribution in [-0.2, 0) is 9.59 Å². The molecule has 3 aliphatic heterocycles. The average Bonchev–Trinajstić information content (AvgIpc) is 3.31. The van der Waals surface area contributed by atoms with E-state index in [1.54, 1.807) is 6.92 Å². The van der Waals surface area contributed by atoms with Crippen LogP contribution in [0.4, 0.5) is 11.4 Å². The van der Waals surface area contributed by atoms with Crippen molar-refractivity contribution in [1.82, 2.24) is 10.6 Å². The topological polar surface area (TPSA) is 73.5 Å². The van der Waals surface area contributed by atoms with Crippen molar-refractivity contribution in [2.75, 3.05) is 23.3 Å². The minimum atomic E-state index is -0.540. The second kappa shape index (κ2) is 11.2. The first-order valence-electron chi connectivity index (χ1n) is 10.8. The number of carbonyl (C=O) groups excluding carboxylic acids is 2. The summed E-state index contributed by atoms with van der Waals surface area (Å²) in [5.74, 6) is 0.253. The Labute approximate surface area is 191 Å². The molecule has 0 radical (unpaired) electrons. The smallest absolute Gasteiger partial charge is 0.246 e. The Hall–Kier alpha value is -1.50. The van der Waals surface area contributed by atoms with Crippen molar-refractivity contribution in [3.63, 3.8) is 0 Å². The monoisotopic (exact) mass is 456 g/mol. The highest BCUT2D eigenvalue weighted by atomic mass is 35.5. The van der Waals surface area contributed by atoms with Crippen molar-refractivity contribution < 1.29 is 9.59 Å². The van der Waals surface area contributed by atoms with Crippen molar-refractivity contribution in [1.29, 1.82) is 0 Å². The van der Waals surface area contributed by atoms with E-state index in [-0.39, 0.29) is 36.6 Å². The van der Waals surface area contributed by atoms with E-state index in [0.717, 1.165) is 37.3 Å². The van der Waals surface area contributed by atoms with Crippen molar-refractivity contribution >= 4 is 48.0 Å². The first kappa shape index (κ1) is 24.8. The van der Waals surface area contributed by atoms with Crippen molar-refractivity contribution in [3.8, 4) is 0 Å². The largest absolute Gasteiger partial charge is 0.371 e. The molecule has 1 aromatic rings. The first-order valence-corrected chi connectivity index (χ1v) is 10.8. The Bertz CT molecular complexity index is 715. The molecule has 1 aromatic carbocycles. The maximum Gasteiger partial charge on any atom is 0.246 e. The van der Waals surface area contributed by atoms with Crippen LogP contribution in [-0.4, -0.2) is 43.0 Å². The Morgan fingerprint density at radius 3 is 2.47 bits per heavy atom. The Morgan fingerprint density at radius 1 is 1.13 bits per heavy atom. The molecule has 4 rings (SSSR count). The molecular formula is C22H34Cl2N4O2. The minimum absolute atomic E-state index is 0. The second-order valence-corrected chi connectivity index (χ2v) is 8.70. The van der Waals surface area contributed by atoms with Crippen LogP contribution in [0.2, 0.25) is 0 Å². The summed E-state index contributed by atoms with van der Waals surface area (Å²) in [5.41, 5.74) is 1.93. The summed E-state index contributed by atoms with van der Waals surface area (Å²) in [6, 6.07) is 8.59. The third-order valence-electron chi connectivity index (χ3n) is 6.40. The summed E-state index contributed by atoms with van der Waals surface area (Å²) in [7, 11) is 0. The predicted molar refractivity (Wildman–Crippen MR) is 126 cm³/mol. The predicted octanol–water partition coefficient (Wildman–Crippen LogP) is 3.49. The van der Waals surface area contributed by atoms with Crippen LogP contribution in [0.25, 0.3) is 0 Å². The summed E-state index contributed by atoms with van der Waals surface area (Å²) in [4.78, 5) is 27.3. The van der Waals surface area contributed by atoms with Crippen molar-refractivity contribution in [3.05, 3.63) is 24.3 Å². The van der Waals surface area contributed by atoms with Gasteiger partial charge in [0, 0.05) is 43.0 Å². The van der Waals surface area contributed by atoms with Gasteiger partial charge in [-0.1, -0.05) is 6.07 Å². The summed E-state index contributed by atoms with van der Waals surface area (Å²) in [6.07, 6.45) is 7.59. The highest BCUT2D eigenvalue weighted by Crippen LogP contribution is 2.32. The average molecular weight is 457 g/mol. The van der Waals surface area contributed by atoms with Gasteiger partial charge in [-0.2, -0.15) is 0 Å². The Morgan fingerprint density at radius 2 is 1.80 bits per heavy atom. The van der Waals surface area contributed by atoms with Gasteiger partial charge in [-0.25, -0.2) is 0 Å². The summed E-state index contributed by atoms with van der Waals surface area (Å²) >= 11 is 0. The molecule has 2 bridgehead atoms. The summed E-state index contributed by atoms with van der Waals surface area (Å²) < 4.78 is 0. The van der Waals surface area contributed by atoms with Gasteiger partial charge in [0.2, 0.25) is 11.8 Å². The number of halogens is 2. The third-order valence-corrected chi connectivity index (χ3v) is 6.40. The highest BCUT2D eigenvalue weighted by Gasteiger charge is 2.34. The maximum absolute atomic E-state index is 12.5. The van der Waals surface area contributed by atoms with Gasteiger partial charge in [-0.15, -0.1) is 24.8 Å². The van der Waals surface area contributed by atoms with Gasteiger partial charge in [0.1, 0.15) is 6.04 Å². The van der Waals surface area contributed by atoms with Gasteiger partial charge in [-0.05, 0) is 69.6 Å². The fourth-order valence-electron chi connectivity index (χ4n) is 4.98. The van der Waals surface area contributed by atoms with Gasteiger partial charge < -0.3 is 20.9 Å². The second-order valence-electron chi connectivity index (χ2n) is 8.70. The molecule has 3 fully saturated rings. The van der Waals surface area contributed by atoms with Gasteiger partial charge in [0.15, 0.2) is 0 Å². The molecule has 0 saturated carbocycles. The van der Waals surface area contributed by atoms with E-state index in [1.165, 1.54) is 25.7 Å². The fourth-order valence-corrected chi connectivity index (χ4v) is 4.98. The third kappa shape index (κ3) is 6.25.